The van der Waals surface area contributed by atoms with Gasteiger partial charge in [0.2, 0.25) is 0 Å². The fourth-order valence-corrected chi connectivity index (χ4v) is 5.18. The average molecular weight is 482 g/mol. The maximum absolute atomic E-state index is 13.1. The molecule has 3 aromatic carbocycles. The number of hydrogen-bond acceptors (Lipinski definition) is 4. The molecule has 1 fully saturated rings. The van der Waals surface area contributed by atoms with Gasteiger partial charge in [0.05, 0.1) is 16.2 Å². The predicted molar refractivity (Wildman–Crippen MR) is 141 cm³/mol. The second-order valence-electron chi connectivity index (χ2n) is 8.31. The van der Waals surface area contributed by atoms with Gasteiger partial charge in [-0.15, -0.1) is 0 Å². The third-order valence-corrected chi connectivity index (χ3v) is 7.12. The summed E-state index contributed by atoms with van der Waals surface area (Å²) in [6, 6.07) is 24.9. The number of thioether (sulfide) groups is 1. The average Bonchev–Trinajstić information content (AvgIpc) is 3.28. The van der Waals surface area contributed by atoms with Crippen molar-refractivity contribution in [2.45, 2.75) is 13.5 Å². The Morgan fingerprint density at radius 2 is 1.77 bits per heavy atom. The molecule has 0 unspecified atom stereocenters. The Labute approximate surface area is 207 Å². The van der Waals surface area contributed by atoms with Crippen LogP contribution in [0.5, 0.6) is 0 Å². The van der Waals surface area contributed by atoms with Crippen LogP contribution in [0.1, 0.15) is 27.2 Å². The van der Waals surface area contributed by atoms with Crippen LogP contribution >= 0.6 is 11.8 Å². The first-order chi connectivity index (χ1) is 16.9. The number of carbonyl (C=O) groups is 2. The van der Waals surface area contributed by atoms with Gasteiger partial charge in [-0.05, 0) is 54.6 Å². The monoisotopic (exact) mass is 481 g/mol. The molecule has 1 aliphatic heterocycles. The Hall–Kier alpha value is -4.10. The van der Waals surface area contributed by atoms with Crippen LogP contribution in [0.25, 0.3) is 17.0 Å². The van der Waals surface area contributed by atoms with Crippen LogP contribution in [-0.2, 0) is 11.3 Å². The minimum absolute atomic E-state index is 0.137. The zero-order valence-electron chi connectivity index (χ0n) is 19.3. The number of fused-ring (bicyclic) bond motifs is 1. The molecule has 1 N–H and O–H groups in total. The van der Waals surface area contributed by atoms with Gasteiger partial charge in [-0.1, -0.05) is 54.6 Å². The van der Waals surface area contributed by atoms with Crippen molar-refractivity contribution in [3.63, 3.8) is 0 Å². The van der Waals surface area contributed by atoms with Gasteiger partial charge in [-0.3, -0.25) is 9.69 Å². The number of nitrogens with zero attached hydrogens (tertiary/aromatic N) is 3. The maximum atomic E-state index is 13.1. The molecule has 0 saturated carbocycles. The largest absolute Gasteiger partial charge is 0.478 e. The summed E-state index contributed by atoms with van der Waals surface area (Å²) in [5.74, 6) is -1.15. The number of carboxylic acid groups (broad SMARTS) is 1. The lowest BCUT2D eigenvalue weighted by atomic mass is 10.1. The Kier molecular flexibility index (Phi) is 6.01. The molecule has 1 saturated heterocycles. The highest BCUT2D eigenvalue weighted by Crippen LogP contribution is 2.36. The number of aliphatic imine (C=N–C) groups is 1. The van der Waals surface area contributed by atoms with Crippen molar-refractivity contribution in [3.05, 3.63) is 106 Å². The molecule has 174 valence electrons. The smallest absolute Gasteiger partial charge is 0.335 e. The molecule has 6 nitrogen and oxygen atoms in total. The first kappa shape index (κ1) is 22.7. The van der Waals surface area contributed by atoms with Crippen LogP contribution < -0.4 is 0 Å². The van der Waals surface area contributed by atoms with Crippen molar-refractivity contribution in [2.24, 2.45) is 4.99 Å². The van der Waals surface area contributed by atoms with Gasteiger partial charge in [0.1, 0.15) is 0 Å². The fraction of sp³-hybridized carbons (Fsp3) is 0.107. The third-order valence-electron chi connectivity index (χ3n) is 6.06. The molecule has 0 aliphatic carbocycles. The molecule has 2 heterocycles. The molecule has 0 radical (unpaired) electrons. The topological polar surface area (TPSA) is 74.9 Å². The fourth-order valence-electron chi connectivity index (χ4n) is 4.21. The van der Waals surface area contributed by atoms with Gasteiger partial charge in [0, 0.05) is 35.8 Å². The highest BCUT2D eigenvalue weighted by Gasteiger charge is 2.31. The van der Waals surface area contributed by atoms with Crippen molar-refractivity contribution in [3.8, 4) is 0 Å². The number of aromatic nitrogens is 1. The second-order valence-corrected chi connectivity index (χ2v) is 9.32. The zero-order chi connectivity index (χ0) is 24.5. The van der Waals surface area contributed by atoms with E-state index in [1.54, 1.807) is 19.2 Å². The minimum Gasteiger partial charge on any atom is -0.478 e. The van der Waals surface area contributed by atoms with E-state index in [1.165, 1.54) is 34.4 Å². The molecule has 0 spiro atoms. The summed E-state index contributed by atoms with van der Waals surface area (Å²) in [7, 11) is 1.68. The van der Waals surface area contributed by atoms with E-state index in [0.717, 1.165) is 28.7 Å². The molecule has 0 atom stereocenters. The quantitative estimate of drug-likeness (QED) is 0.359. The molecule has 0 bridgehead atoms. The van der Waals surface area contributed by atoms with E-state index < -0.39 is 5.97 Å². The summed E-state index contributed by atoms with van der Waals surface area (Å²) >= 11 is 1.29. The van der Waals surface area contributed by atoms with Crippen LogP contribution in [-0.4, -0.2) is 38.7 Å². The van der Waals surface area contributed by atoms with E-state index in [2.05, 4.69) is 40.7 Å². The third kappa shape index (κ3) is 4.38. The van der Waals surface area contributed by atoms with Gasteiger partial charge in [0.15, 0.2) is 5.17 Å². The molecular weight excluding hydrogens is 458 g/mol. The number of hydrogen-bond donors (Lipinski definition) is 1. The Morgan fingerprint density at radius 1 is 1.03 bits per heavy atom. The normalized spacial score (nSPS) is 16.1. The van der Waals surface area contributed by atoms with Gasteiger partial charge in [-0.25, -0.2) is 9.79 Å². The highest BCUT2D eigenvalue weighted by molar-refractivity contribution is 8.18. The van der Waals surface area contributed by atoms with E-state index in [4.69, 9.17) is 0 Å². The van der Waals surface area contributed by atoms with Crippen LogP contribution in [0.15, 0.2) is 88.8 Å². The zero-order valence-corrected chi connectivity index (χ0v) is 20.1. The van der Waals surface area contributed by atoms with E-state index >= 15 is 0 Å². The van der Waals surface area contributed by atoms with E-state index in [1.807, 2.05) is 36.4 Å². The Morgan fingerprint density at radius 3 is 2.54 bits per heavy atom. The Bertz CT molecular complexity index is 1520. The van der Waals surface area contributed by atoms with Crippen LogP contribution in [0.4, 0.5) is 5.69 Å². The van der Waals surface area contributed by atoms with Crippen LogP contribution in [0.2, 0.25) is 0 Å². The van der Waals surface area contributed by atoms with Gasteiger partial charge in [-0.2, -0.15) is 0 Å². The number of amides is 1. The first-order valence-electron chi connectivity index (χ1n) is 11.1. The predicted octanol–water partition coefficient (Wildman–Crippen LogP) is 5.93. The first-order valence-corrected chi connectivity index (χ1v) is 12.0. The summed E-state index contributed by atoms with van der Waals surface area (Å²) in [5.41, 5.74) is 5.06. The number of benzene rings is 3. The Balaban J connectivity index is 1.53. The van der Waals surface area contributed by atoms with Crippen LogP contribution in [0, 0.1) is 6.92 Å². The summed E-state index contributed by atoms with van der Waals surface area (Å²) < 4.78 is 2.28. The summed E-state index contributed by atoms with van der Waals surface area (Å²) in [5, 5.41) is 10.8. The number of rotatable bonds is 5. The number of carboxylic acids is 1. The number of likely N-dealkylation sites (N-methyl/N-ethyl adjacent to an activating group) is 1. The highest BCUT2D eigenvalue weighted by atomic mass is 32.2. The van der Waals surface area contributed by atoms with Crippen molar-refractivity contribution in [1.29, 1.82) is 0 Å². The molecular formula is C28H23N3O3S. The van der Waals surface area contributed by atoms with Crippen LogP contribution in [0.3, 0.4) is 0 Å². The summed E-state index contributed by atoms with van der Waals surface area (Å²) in [6.45, 7) is 2.82. The molecule has 7 heteroatoms. The van der Waals surface area contributed by atoms with E-state index in [0.29, 0.717) is 15.8 Å². The maximum Gasteiger partial charge on any atom is 0.335 e. The lowest BCUT2D eigenvalue weighted by Crippen LogP contribution is -2.23. The molecule has 4 aromatic rings. The number of carbonyl (C=O) groups excluding carboxylic acids is 1. The second kappa shape index (κ2) is 9.27. The van der Waals surface area contributed by atoms with E-state index in [-0.39, 0.29) is 11.5 Å². The minimum atomic E-state index is -1.02. The van der Waals surface area contributed by atoms with Crippen molar-refractivity contribution in [2.75, 3.05) is 7.05 Å². The number of aromatic carboxylic acids is 1. The van der Waals surface area contributed by atoms with Crippen molar-refractivity contribution < 1.29 is 14.7 Å². The molecule has 5 rings (SSSR count). The lowest BCUT2D eigenvalue weighted by molar-refractivity contribution is -0.121. The molecule has 1 amide bonds. The standard InChI is InChI=1S/C28H23N3O3S/c1-18-23(22-13-6-7-14-24(22)31(18)17-19-9-4-3-5-10-19)16-25-26(32)30(2)28(35-25)29-21-12-8-11-20(15-21)27(33)34/h3-16H,17H2,1-2H3,(H,33,34)/b25-16+,29-28?. The summed E-state index contributed by atoms with van der Waals surface area (Å²) in [4.78, 5) is 31.0. The van der Waals surface area contributed by atoms with Gasteiger partial charge < -0.3 is 9.67 Å². The lowest BCUT2D eigenvalue weighted by Gasteiger charge is -2.08. The van der Waals surface area contributed by atoms with E-state index in [9.17, 15) is 14.7 Å². The molecule has 1 aromatic heterocycles. The molecule has 1 aliphatic rings. The SMILES string of the molecule is Cc1c(/C=C2/SC(=Nc3cccc(C(=O)O)c3)N(C)C2=O)c2ccccc2n1Cc1ccccc1. The van der Waals surface area contributed by atoms with Gasteiger partial charge >= 0.3 is 5.97 Å². The number of para-hydroxylation sites is 1. The van der Waals surface area contributed by atoms with Gasteiger partial charge in [0.25, 0.3) is 5.91 Å². The number of amidine groups is 1. The van der Waals surface area contributed by atoms with Crippen molar-refractivity contribution >= 4 is 51.5 Å². The van der Waals surface area contributed by atoms with Crippen molar-refractivity contribution in [1.82, 2.24) is 9.47 Å². The summed E-state index contributed by atoms with van der Waals surface area (Å²) in [6.07, 6.45) is 1.94. The molecule has 35 heavy (non-hydrogen) atoms.